The van der Waals surface area contributed by atoms with Crippen LogP contribution < -0.4 is 0 Å². The number of methoxy groups -OCH3 is 1. The van der Waals surface area contributed by atoms with Crippen molar-refractivity contribution >= 4 is 8.32 Å². The monoisotopic (exact) mass is 514 g/mol. The third kappa shape index (κ3) is 6.36. The number of hydrogen-bond donors (Lipinski definition) is 0. The molecule has 0 bridgehead atoms. The molecule has 0 heterocycles. The molecule has 6 atom stereocenters. The number of allylic oxidation sites excluding steroid dienone is 1. The highest BCUT2D eigenvalue weighted by Crippen LogP contribution is 2.59. The Labute approximate surface area is 223 Å². The largest absolute Gasteiger partial charge is 0.414 e. The topological polar surface area (TPSA) is 27.7 Å². The van der Waals surface area contributed by atoms with Crippen LogP contribution in [0.3, 0.4) is 0 Å². The lowest BCUT2D eigenvalue weighted by molar-refractivity contribution is -0.119. The summed E-state index contributed by atoms with van der Waals surface area (Å²) >= 11 is 0. The fraction of sp³-hybridized carbons (Fsp3) is 0.750. The van der Waals surface area contributed by atoms with E-state index in [1.165, 1.54) is 37.7 Å². The van der Waals surface area contributed by atoms with Gasteiger partial charge in [0.05, 0.1) is 5.60 Å². The molecule has 3 nitrogen and oxygen atoms in total. The standard InChI is InChI=1S/C32H54O3Si/c1-24(18-19-27(25-15-12-11-13-16-25)31(5,6)34-23-33-8)26-20-21-28-29(17-14-22-32(26,28)7)35-36(9,10)30(2,3)4/h11-13,15-16,18-19,24,26-29H,14,17,20-23H2,1-10H3/b19-18+/t24-,26-,27-,28+,29+,32-/m1/s1. The van der Waals surface area contributed by atoms with Crippen molar-refractivity contribution in [3.8, 4) is 0 Å². The van der Waals surface area contributed by atoms with Crippen LogP contribution in [0.4, 0.5) is 0 Å². The molecule has 1 aromatic rings. The fourth-order valence-corrected chi connectivity index (χ4v) is 8.24. The van der Waals surface area contributed by atoms with Crippen molar-refractivity contribution in [3.63, 3.8) is 0 Å². The maximum absolute atomic E-state index is 7.08. The predicted octanol–water partition coefficient (Wildman–Crippen LogP) is 8.97. The van der Waals surface area contributed by atoms with Crippen LogP contribution in [0, 0.1) is 23.2 Å². The Kier molecular flexibility index (Phi) is 9.40. The molecule has 0 spiro atoms. The van der Waals surface area contributed by atoms with Gasteiger partial charge in [-0.15, -0.1) is 0 Å². The Morgan fingerprint density at radius 1 is 1.03 bits per heavy atom. The van der Waals surface area contributed by atoms with E-state index in [2.05, 4.69) is 104 Å². The third-order valence-electron chi connectivity index (χ3n) is 10.1. The van der Waals surface area contributed by atoms with E-state index in [4.69, 9.17) is 13.9 Å². The van der Waals surface area contributed by atoms with Crippen molar-refractivity contribution in [2.75, 3.05) is 13.9 Å². The maximum Gasteiger partial charge on any atom is 0.192 e. The molecule has 0 aromatic heterocycles. The first-order valence-corrected chi connectivity index (χ1v) is 17.2. The van der Waals surface area contributed by atoms with Crippen molar-refractivity contribution in [1.82, 2.24) is 0 Å². The molecule has 0 unspecified atom stereocenters. The molecule has 1 aromatic carbocycles. The SMILES string of the molecule is COCOC(C)(C)[C@H](/C=C/[C@@H](C)[C@H]1CC[C@H]2[C@@H](O[Si](C)(C)C(C)(C)C)CCC[C@]12C)c1ccccc1. The summed E-state index contributed by atoms with van der Waals surface area (Å²) in [6.07, 6.45) is 11.8. The lowest BCUT2D eigenvalue weighted by Gasteiger charge is -2.49. The van der Waals surface area contributed by atoms with Crippen molar-refractivity contribution in [1.29, 1.82) is 0 Å². The van der Waals surface area contributed by atoms with Gasteiger partial charge in [0.15, 0.2) is 8.32 Å². The average molecular weight is 515 g/mol. The average Bonchev–Trinajstić information content (AvgIpc) is 3.15. The first kappa shape index (κ1) is 29.6. The number of benzene rings is 1. The number of fused-ring (bicyclic) bond motifs is 1. The first-order chi connectivity index (χ1) is 16.7. The summed E-state index contributed by atoms with van der Waals surface area (Å²) in [4.78, 5) is 0. The highest BCUT2D eigenvalue weighted by molar-refractivity contribution is 6.74. The second kappa shape index (κ2) is 11.4. The van der Waals surface area contributed by atoms with Crippen LogP contribution in [0.5, 0.6) is 0 Å². The Bertz CT molecular complexity index is 856. The quantitative estimate of drug-likeness (QED) is 0.177. The molecule has 2 saturated carbocycles. The molecule has 204 valence electrons. The number of rotatable bonds is 10. The van der Waals surface area contributed by atoms with Crippen molar-refractivity contribution in [2.45, 2.75) is 116 Å². The van der Waals surface area contributed by atoms with Crippen LogP contribution in [0.2, 0.25) is 18.1 Å². The Hall–Kier alpha value is -0.943. The van der Waals surface area contributed by atoms with Crippen LogP contribution in [0.1, 0.15) is 92.1 Å². The second-order valence-electron chi connectivity index (χ2n) is 13.9. The lowest BCUT2D eigenvalue weighted by atomic mass is 9.62. The smallest absolute Gasteiger partial charge is 0.192 e. The van der Waals surface area contributed by atoms with Crippen LogP contribution in [-0.4, -0.2) is 33.9 Å². The number of ether oxygens (including phenoxy) is 2. The van der Waals surface area contributed by atoms with E-state index < -0.39 is 8.32 Å². The molecule has 2 aliphatic carbocycles. The third-order valence-corrected chi connectivity index (χ3v) is 14.6. The van der Waals surface area contributed by atoms with Gasteiger partial charge in [-0.1, -0.05) is 83.5 Å². The van der Waals surface area contributed by atoms with E-state index >= 15 is 0 Å². The van der Waals surface area contributed by atoms with E-state index in [0.717, 1.165) is 0 Å². The Morgan fingerprint density at radius 3 is 2.31 bits per heavy atom. The molecule has 0 radical (unpaired) electrons. The van der Waals surface area contributed by atoms with Gasteiger partial charge < -0.3 is 13.9 Å². The van der Waals surface area contributed by atoms with Gasteiger partial charge in [0.2, 0.25) is 0 Å². The lowest BCUT2D eigenvalue weighted by Crippen LogP contribution is -2.50. The summed E-state index contributed by atoms with van der Waals surface area (Å²) in [5, 5.41) is 0.263. The minimum Gasteiger partial charge on any atom is -0.414 e. The molecule has 2 aliphatic rings. The molecule has 3 rings (SSSR count). The number of hydrogen-bond acceptors (Lipinski definition) is 3. The van der Waals surface area contributed by atoms with E-state index in [0.29, 0.717) is 36.1 Å². The molecule has 36 heavy (non-hydrogen) atoms. The summed E-state index contributed by atoms with van der Waals surface area (Å²) < 4.78 is 18.5. The van der Waals surface area contributed by atoms with Gasteiger partial charge in [0.25, 0.3) is 0 Å². The van der Waals surface area contributed by atoms with Crippen LogP contribution in [0.25, 0.3) is 0 Å². The second-order valence-corrected chi connectivity index (χ2v) is 18.6. The van der Waals surface area contributed by atoms with Gasteiger partial charge in [0, 0.05) is 19.1 Å². The molecule has 0 amide bonds. The van der Waals surface area contributed by atoms with Crippen molar-refractivity contribution < 1.29 is 13.9 Å². The molecule has 0 saturated heterocycles. The Balaban J connectivity index is 1.80. The molecule has 0 N–H and O–H groups in total. The molecule has 4 heteroatoms. The van der Waals surface area contributed by atoms with E-state index in [9.17, 15) is 0 Å². The van der Waals surface area contributed by atoms with Crippen LogP contribution in [-0.2, 0) is 13.9 Å². The Morgan fingerprint density at radius 2 is 1.69 bits per heavy atom. The van der Waals surface area contributed by atoms with Gasteiger partial charge in [-0.25, -0.2) is 0 Å². The van der Waals surface area contributed by atoms with Crippen molar-refractivity contribution in [2.24, 2.45) is 23.2 Å². The fourth-order valence-electron chi connectivity index (χ4n) is 6.85. The van der Waals surface area contributed by atoms with Crippen molar-refractivity contribution in [3.05, 3.63) is 48.0 Å². The highest BCUT2D eigenvalue weighted by atomic mass is 28.4. The minimum absolute atomic E-state index is 0.169. The normalized spacial score (nSPS) is 29.3. The molecule has 2 fully saturated rings. The summed E-state index contributed by atoms with van der Waals surface area (Å²) in [5.41, 5.74) is 1.29. The van der Waals surface area contributed by atoms with Gasteiger partial charge in [-0.2, -0.15) is 0 Å². The summed E-state index contributed by atoms with van der Waals surface area (Å²) in [7, 11) is -0.0827. The highest BCUT2D eigenvalue weighted by Gasteiger charge is 2.54. The predicted molar refractivity (Wildman–Crippen MR) is 155 cm³/mol. The van der Waals surface area contributed by atoms with Gasteiger partial charge >= 0.3 is 0 Å². The maximum atomic E-state index is 7.08. The summed E-state index contributed by atoms with van der Waals surface area (Å²) in [5.74, 6) is 2.08. The van der Waals surface area contributed by atoms with Gasteiger partial charge in [0.1, 0.15) is 6.79 Å². The first-order valence-electron chi connectivity index (χ1n) is 14.3. The van der Waals surface area contributed by atoms with Gasteiger partial charge in [-0.05, 0) is 86.4 Å². The van der Waals surface area contributed by atoms with E-state index in [-0.39, 0.29) is 16.6 Å². The van der Waals surface area contributed by atoms with Crippen LogP contribution in [0.15, 0.2) is 42.5 Å². The zero-order valence-corrected chi connectivity index (χ0v) is 25.9. The van der Waals surface area contributed by atoms with Gasteiger partial charge in [-0.3, -0.25) is 0 Å². The zero-order chi connectivity index (χ0) is 26.8. The summed E-state index contributed by atoms with van der Waals surface area (Å²) in [6, 6.07) is 10.8. The molecular weight excluding hydrogens is 460 g/mol. The zero-order valence-electron chi connectivity index (χ0n) is 24.9. The van der Waals surface area contributed by atoms with E-state index in [1.54, 1.807) is 7.11 Å². The van der Waals surface area contributed by atoms with Crippen LogP contribution >= 0.6 is 0 Å². The van der Waals surface area contributed by atoms with E-state index in [1.807, 2.05) is 0 Å². The minimum atomic E-state index is -1.77. The molecule has 0 aliphatic heterocycles. The molecular formula is C32H54O3Si. The summed E-state index contributed by atoms with van der Waals surface area (Å²) in [6.45, 7) is 21.6.